The summed E-state index contributed by atoms with van der Waals surface area (Å²) in [5, 5.41) is 2.23. The molecular formula is C19H16FN. The van der Waals surface area contributed by atoms with Crippen molar-refractivity contribution in [1.82, 2.24) is 4.98 Å². The Hall–Kier alpha value is -2.48. The normalized spacial score (nSPS) is 10.8. The van der Waals surface area contributed by atoms with Crippen LogP contribution in [0.25, 0.3) is 27.5 Å². The van der Waals surface area contributed by atoms with Crippen molar-refractivity contribution < 1.29 is 4.39 Å². The van der Waals surface area contributed by atoms with E-state index in [1.807, 2.05) is 26.0 Å². The van der Waals surface area contributed by atoms with Crippen LogP contribution in [0.4, 0.5) is 4.39 Å². The SMILES string of the molecule is C=C(C)c1nc(C)c2ccccc2c1-c1ccc(F)cc1. The lowest BCUT2D eigenvalue weighted by Crippen LogP contribution is -1.97. The molecule has 2 heteroatoms. The second-order valence-corrected chi connectivity index (χ2v) is 5.25. The summed E-state index contributed by atoms with van der Waals surface area (Å²) in [4.78, 5) is 4.71. The van der Waals surface area contributed by atoms with Gasteiger partial charge in [0, 0.05) is 16.6 Å². The maximum absolute atomic E-state index is 13.2. The summed E-state index contributed by atoms with van der Waals surface area (Å²) in [7, 11) is 0. The molecule has 1 nitrogen and oxygen atoms in total. The molecule has 2 aromatic carbocycles. The number of aryl methyl sites for hydroxylation is 1. The van der Waals surface area contributed by atoms with E-state index in [9.17, 15) is 4.39 Å². The van der Waals surface area contributed by atoms with Crippen LogP contribution in [0.3, 0.4) is 0 Å². The highest BCUT2D eigenvalue weighted by molar-refractivity contribution is 6.01. The van der Waals surface area contributed by atoms with Gasteiger partial charge in [-0.3, -0.25) is 4.98 Å². The number of hydrogen-bond donors (Lipinski definition) is 0. The third kappa shape index (κ3) is 2.33. The molecule has 0 aliphatic rings. The summed E-state index contributed by atoms with van der Waals surface area (Å²) in [6, 6.07) is 14.7. The minimum absolute atomic E-state index is 0.236. The number of aromatic nitrogens is 1. The summed E-state index contributed by atoms with van der Waals surface area (Å²) in [6.45, 7) is 7.99. The molecule has 0 saturated carbocycles. The number of nitrogens with zero attached hydrogens (tertiary/aromatic N) is 1. The predicted molar refractivity (Wildman–Crippen MR) is 86.6 cm³/mol. The molecule has 104 valence electrons. The molecule has 0 bridgehead atoms. The molecule has 0 amide bonds. The molecule has 0 atom stereocenters. The van der Waals surface area contributed by atoms with Crippen LogP contribution in [0.15, 0.2) is 55.1 Å². The zero-order chi connectivity index (χ0) is 15.0. The molecule has 0 N–H and O–H groups in total. The maximum atomic E-state index is 13.2. The van der Waals surface area contributed by atoms with Crippen molar-refractivity contribution in [2.45, 2.75) is 13.8 Å². The summed E-state index contributed by atoms with van der Waals surface area (Å²) in [6.07, 6.45) is 0. The zero-order valence-corrected chi connectivity index (χ0v) is 12.2. The first-order chi connectivity index (χ1) is 10.1. The van der Waals surface area contributed by atoms with Crippen molar-refractivity contribution in [3.8, 4) is 11.1 Å². The highest BCUT2D eigenvalue weighted by atomic mass is 19.1. The second kappa shape index (κ2) is 5.13. The van der Waals surface area contributed by atoms with Crippen LogP contribution >= 0.6 is 0 Å². The molecule has 0 spiro atoms. The van der Waals surface area contributed by atoms with Crippen molar-refractivity contribution in [3.63, 3.8) is 0 Å². The van der Waals surface area contributed by atoms with Crippen LogP contribution < -0.4 is 0 Å². The third-order valence-electron chi connectivity index (χ3n) is 3.64. The number of benzene rings is 2. The van der Waals surface area contributed by atoms with Gasteiger partial charge in [0.05, 0.1) is 5.69 Å². The van der Waals surface area contributed by atoms with Gasteiger partial charge in [0.1, 0.15) is 5.82 Å². The van der Waals surface area contributed by atoms with Gasteiger partial charge in [0.25, 0.3) is 0 Å². The Morgan fingerprint density at radius 3 is 2.24 bits per heavy atom. The van der Waals surface area contributed by atoms with Gasteiger partial charge in [-0.15, -0.1) is 0 Å². The topological polar surface area (TPSA) is 12.9 Å². The molecule has 21 heavy (non-hydrogen) atoms. The second-order valence-electron chi connectivity index (χ2n) is 5.25. The minimum Gasteiger partial charge on any atom is -0.252 e. The largest absolute Gasteiger partial charge is 0.252 e. The highest BCUT2D eigenvalue weighted by Gasteiger charge is 2.14. The van der Waals surface area contributed by atoms with E-state index in [-0.39, 0.29) is 5.82 Å². The Morgan fingerprint density at radius 2 is 1.62 bits per heavy atom. The van der Waals surface area contributed by atoms with Gasteiger partial charge in [-0.1, -0.05) is 43.0 Å². The van der Waals surface area contributed by atoms with Gasteiger partial charge in [-0.2, -0.15) is 0 Å². The number of halogens is 1. The van der Waals surface area contributed by atoms with E-state index < -0.39 is 0 Å². The van der Waals surface area contributed by atoms with Crippen molar-refractivity contribution in [2.75, 3.05) is 0 Å². The van der Waals surface area contributed by atoms with Gasteiger partial charge >= 0.3 is 0 Å². The van der Waals surface area contributed by atoms with E-state index in [2.05, 4.69) is 18.7 Å². The van der Waals surface area contributed by atoms with Crippen LogP contribution in [0.5, 0.6) is 0 Å². The molecule has 0 aliphatic carbocycles. The first-order valence-corrected chi connectivity index (χ1v) is 6.89. The molecular weight excluding hydrogens is 261 g/mol. The number of rotatable bonds is 2. The fourth-order valence-corrected chi connectivity index (χ4v) is 2.65. The molecule has 3 rings (SSSR count). The fraction of sp³-hybridized carbons (Fsp3) is 0.105. The number of hydrogen-bond acceptors (Lipinski definition) is 1. The lowest BCUT2D eigenvalue weighted by atomic mass is 9.94. The summed E-state index contributed by atoms with van der Waals surface area (Å²) >= 11 is 0. The fourth-order valence-electron chi connectivity index (χ4n) is 2.65. The molecule has 0 radical (unpaired) electrons. The Kier molecular flexibility index (Phi) is 3.30. The zero-order valence-electron chi connectivity index (χ0n) is 12.2. The quantitative estimate of drug-likeness (QED) is 0.612. The molecule has 0 unspecified atom stereocenters. The number of fused-ring (bicyclic) bond motifs is 1. The van der Waals surface area contributed by atoms with Crippen LogP contribution in [-0.4, -0.2) is 4.98 Å². The van der Waals surface area contributed by atoms with E-state index in [0.29, 0.717) is 0 Å². The number of pyridine rings is 1. The smallest absolute Gasteiger partial charge is 0.123 e. The van der Waals surface area contributed by atoms with Crippen molar-refractivity contribution >= 4 is 16.3 Å². The van der Waals surface area contributed by atoms with E-state index in [4.69, 9.17) is 4.98 Å². The van der Waals surface area contributed by atoms with Crippen LogP contribution in [-0.2, 0) is 0 Å². The summed E-state index contributed by atoms with van der Waals surface area (Å²) in [5.41, 5.74) is 4.73. The van der Waals surface area contributed by atoms with Gasteiger partial charge in [-0.25, -0.2) is 4.39 Å². The number of allylic oxidation sites excluding steroid dienone is 1. The average Bonchev–Trinajstić information content (AvgIpc) is 2.48. The minimum atomic E-state index is -0.236. The molecule has 3 aromatic rings. The van der Waals surface area contributed by atoms with E-state index in [0.717, 1.165) is 38.9 Å². The molecule has 1 heterocycles. The highest BCUT2D eigenvalue weighted by Crippen LogP contribution is 2.35. The van der Waals surface area contributed by atoms with Crippen molar-refractivity contribution in [1.29, 1.82) is 0 Å². The van der Waals surface area contributed by atoms with Crippen LogP contribution in [0.1, 0.15) is 18.3 Å². The van der Waals surface area contributed by atoms with Crippen LogP contribution in [0, 0.1) is 12.7 Å². The van der Waals surface area contributed by atoms with Gasteiger partial charge in [-0.05, 0) is 42.5 Å². The third-order valence-corrected chi connectivity index (χ3v) is 3.64. The molecule has 0 saturated heterocycles. The first kappa shape index (κ1) is 13.5. The Bertz CT molecular complexity index is 832. The van der Waals surface area contributed by atoms with Crippen LogP contribution in [0.2, 0.25) is 0 Å². The average molecular weight is 277 g/mol. The summed E-state index contributed by atoms with van der Waals surface area (Å²) < 4.78 is 13.2. The van der Waals surface area contributed by atoms with Gasteiger partial charge in [0.2, 0.25) is 0 Å². The van der Waals surface area contributed by atoms with Gasteiger partial charge < -0.3 is 0 Å². The van der Waals surface area contributed by atoms with Gasteiger partial charge in [0.15, 0.2) is 0 Å². The predicted octanol–water partition coefficient (Wildman–Crippen LogP) is 5.38. The van der Waals surface area contributed by atoms with Crippen molar-refractivity contribution in [2.24, 2.45) is 0 Å². The van der Waals surface area contributed by atoms with E-state index in [1.165, 1.54) is 12.1 Å². The van der Waals surface area contributed by atoms with E-state index in [1.54, 1.807) is 12.1 Å². The molecule has 0 aliphatic heterocycles. The first-order valence-electron chi connectivity index (χ1n) is 6.89. The Balaban J connectivity index is 2.43. The maximum Gasteiger partial charge on any atom is 0.123 e. The molecule has 0 fully saturated rings. The lowest BCUT2D eigenvalue weighted by Gasteiger charge is -2.14. The summed E-state index contributed by atoms with van der Waals surface area (Å²) in [5.74, 6) is -0.236. The Morgan fingerprint density at radius 1 is 1.00 bits per heavy atom. The molecule has 1 aromatic heterocycles. The monoisotopic (exact) mass is 277 g/mol. The lowest BCUT2D eigenvalue weighted by molar-refractivity contribution is 0.628. The Labute approximate surface area is 123 Å². The van der Waals surface area contributed by atoms with Crippen molar-refractivity contribution in [3.05, 3.63) is 72.3 Å². The van der Waals surface area contributed by atoms with E-state index >= 15 is 0 Å². The standard InChI is InChI=1S/C19H16FN/c1-12(2)19-18(14-8-10-15(20)11-9-14)17-7-5-4-6-16(17)13(3)21-19/h4-11H,1H2,2-3H3.